The second-order valence-corrected chi connectivity index (χ2v) is 8.38. The number of rotatable bonds is 18. The molecule has 0 spiro atoms. The van der Waals surface area contributed by atoms with Crippen LogP contribution in [0, 0.1) is 0 Å². The molecule has 0 fully saturated rings. The fourth-order valence-electron chi connectivity index (χ4n) is 3.07. The average molecular weight is 409 g/mol. The first-order chi connectivity index (χ1) is 14.7. The van der Waals surface area contributed by atoms with Crippen molar-refractivity contribution in [3.63, 3.8) is 0 Å². The van der Waals surface area contributed by atoms with Gasteiger partial charge < -0.3 is 0 Å². The molecule has 0 N–H and O–H groups in total. The van der Waals surface area contributed by atoms with Gasteiger partial charge in [-0.05, 0) is 52.9 Å². The average Bonchev–Trinajstić information content (AvgIpc) is 2.72. The summed E-state index contributed by atoms with van der Waals surface area (Å²) in [6.07, 6.45) is 41.6. The molecule has 0 amide bonds. The zero-order valence-electron chi connectivity index (χ0n) is 20.4. The van der Waals surface area contributed by atoms with Gasteiger partial charge in [0.05, 0.1) is 0 Å². The summed E-state index contributed by atoms with van der Waals surface area (Å²) in [4.78, 5) is 0. The van der Waals surface area contributed by atoms with Crippen molar-refractivity contribution in [3.8, 4) is 0 Å². The molecule has 0 nitrogen and oxygen atoms in total. The Kier molecular flexibility index (Phi) is 22.0. The quantitative estimate of drug-likeness (QED) is 0.120. The first-order valence-corrected chi connectivity index (χ1v) is 12.3. The first-order valence-electron chi connectivity index (χ1n) is 12.3. The predicted molar refractivity (Wildman–Crippen MR) is 140 cm³/mol. The van der Waals surface area contributed by atoms with Crippen LogP contribution in [0.2, 0.25) is 0 Å². The van der Waals surface area contributed by atoms with Gasteiger partial charge in [-0.15, -0.1) is 0 Å². The Morgan fingerprint density at radius 3 is 1.67 bits per heavy atom. The highest BCUT2D eigenvalue weighted by Crippen LogP contribution is 2.10. The smallest absolute Gasteiger partial charge is 0.0163 e. The molecule has 0 heterocycles. The lowest BCUT2D eigenvalue weighted by Crippen LogP contribution is -1.79. The lowest BCUT2D eigenvalue weighted by atomic mass is 10.1. The summed E-state index contributed by atoms with van der Waals surface area (Å²) in [5.41, 5.74) is 2.88. The van der Waals surface area contributed by atoms with E-state index in [9.17, 15) is 0 Å². The fraction of sp³-hybridized carbons (Fsp3) is 0.533. The normalized spacial score (nSPS) is 13.1. The third kappa shape index (κ3) is 24.2. The van der Waals surface area contributed by atoms with Crippen molar-refractivity contribution in [1.29, 1.82) is 0 Å². The molecule has 0 aliphatic heterocycles. The monoisotopic (exact) mass is 408 g/mol. The van der Waals surface area contributed by atoms with E-state index in [0.717, 1.165) is 19.3 Å². The van der Waals surface area contributed by atoms with Gasteiger partial charge in [0.2, 0.25) is 0 Å². The molecule has 0 rings (SSSR count). The van der Waals surface area contributed by atoms with E-state index < -0.39 is 0 Å². The van der Waals surface area contributed by atoms with Crippen LogP contribution in [0.5, 0.6) is 0 Å². The van der Waals surface area contributed by atoms with E-state index in [1.807, 2.05) is 0 Å². The van der Waals surface area contributed by atoms with Crippen molar-refractivity contribution in [2.45, 2.75) is 105 Å². The van der Waals surface area contributed by atoms with Gasteiger partial charge in [-0.1, -0.05) is 136 Å². The van der Waals surface area contributed by atoms with Gasteiger partial charge in [-0.25, -0.2) is 0 Å². The van der Waals surface area contributed by atoms with Crippen LogP contribution < -0.4 is 0 Å². The van der Waals surface area contributed by atoms with Crippen LogP contribution >= 0.6 is 0 Å². The summed E-state index contributed by atoms with van der Waals surface area (Å²) >= 11 is 0. The number of unbranched alkanes of at least 4 members (excludes halogenated alkanes) is 8. The standard InChI is InChI=1S/C30H48/c1-5-6-7-8-9-10-11-12-13-14-15-16-17-18-19-20-21-22-23-24-27-30(4)28-25-26-29(2)3/h14-23,26-27H,5-13,24-25,28H2,1-4H3/b15-14?,17-16?,19-18?,21-20?,23-22?,30-27+. The Hall–Kier alpha value is -1.82. The van der Waals surface area contributed by atoms with Gasteiger partial charge in [0.1, 0.15) is 0 Å². The maximum Gasteiger partial charge on any atom is -0.0163 e. The second kappa shape index (κ2) is 23.5. The van der Waals surface area contributed by atoms with Crippen LogP contribution in [0.4, 0.5) is 0 Å². The van der Waals surface area contributed by atoms with E-state index in [2.05, 4.69) is 101 Å². The maximum atomic E-state index is 2.32. The third-order valence-corrected chi connectivity index (χ3v) is 4.97. The molecule has 0 saturated carbocycles. The zero-order valence-corrected chi connectivity index (χ0v) is 20.4. The molecule has 0 bridgehead atoms. The van der Waals surface area contributed by atoms with Gasteiger partial charge in [-0.2, -0.15) is 0 Å². The molecule has 0 aliphatic carbocycles. The van der Waals surface area contributed by atoms with E-state index in [4.69, 9.17) is 0 Å². The highest BCUT2D eigenvalue weighted by atomic mass is 14.0. The topological polar surface area (TPSA) is 0 Å². The molecule has 30 heavy (non-hydrogen) atoms. The minimum atomic E-state index is 1.01. The molecular weight excluding hydrogens is 360 g/mol. The van der Waals surface area contributed by atoms with Crippen molar-refractivity contribution in [2.75, 3.05) is 0 Å². The van der Waals surface area contributed by atoms with Crippen molar-refractivity contribution in [3.05, 3.63) is 84.1 Å². The largest absolute Gasteiger partial charge is 0.0856 e. The predicted octanol–water partition coefficient (Wildman–Crippen LogP) is 10.4. The molecule has 0 aromatic carbocycles. The molecule has 0 aromatic rings. The van der Waals surface area contributed by atoms with Gasteiger partial charge in [0, 0.05) is 0 Å². The maximum absolute atomic E-state index is 2.32. The Balaban J connectivity index is 3.68. The van der Waals surface area contributed by atoms with Crippen molar-refractivity contribution in [2.24, 2.45) is 0 Å². The van der Waals surface area contributed by atoms with E-state index >= 15 is 0 Å². The van der Waals surface area contributed by atoms with Crippen molar-refractivity contribution >= 4 is 0 Å². The summed E-state index contributed by atoms with van der Waals surface area (Å²) in [5, 5.41) is 0. The lowest BCUT2D eigenvalue weighted by Gasteiger charge is -1.99. The van der Waals surface area contributed by atoms with Crippen LogP contribution in [0.15, 0.2) is 84.1 Å². The molecule has 0 aliphatic rings. The van der Waals surface area contributed by atoms with Crippen molar-refractivity contribution < 1.29 is 0 Å². The van der Waals surface area contributed by atoms with Crippen LogP contribution in [-0.4, -0.2) is 0 Å². The van der Waals surface area contributed by atoms with Crippen LogP contribution in [0.25, 0.3) is 0 Å². The number of hydrogen-bond acceptors (Lipinski definition) is 0. The SMILES string of the molecule is CCCCCCCCCCC=CC=CC=CC=CC=CC/C=C(\C)CCC=C(C)C. The van der Waals surface area contributed by atoms with Gasteiger partial charge >= 0.3 is 0 Å². The van der Waals surface area contributed by atoms with E-state index in [-0.39, 0.29) is 0 Å². The highest BCUT2D eigenvalue weighted by Gasteiger charge is 1.90. The number of allylic oxidation sites excluding steroid dienone is 14. The van der Waals surface area contributed by atoms with E-state index in [1.54, 1.807) is 0 Å². The molecule has 168 valence electrons. The van der Waals surface area contributed by atoms with Gasteiger partial charge in [0.15, 0.2) is 0 Å². The second-order valence-electron chi connectivity index (χ2n) is 8.38. The number of hydrogen-bond donors (Lipinski definition) is 0. The van der Waals surface area contributed by atoms with E-state index in [1.165, 1.54) is 68.9 Å². The summed E-state index contributed by atoms with van der Waals surface area (Å²) in [5.74, 6) is 0. The van der Waals surface area contributed by atoms with Crippen LogP contribution in [0.1, 0.15) is 105 Å². The van der Waals surface area contributed by atoms with Crippen LogP contribution in [-0.2, 0) is 0 Å². The Morgan fingerprint density at radius 1 is 0.533 bits per heavy atom. The minimum Gasteiger partial charge on any atom is -0.0856 e. The summed E-state index contributed by atoms with van der Waals surface area (Å²) in [7, 11) is 0. The molecule has 0 aromatic heterocycles. The van der Waals surface area contributed by atoms with E-state index in [0.29, 0.717) is 0 Å². The molecular formula is C30H48. The Morgan fingerprint density at radius 2 is 1.07 bits per heavy atom. The third-order valence-electron chi connectivity index (χ3n) is 4.97. The Labute approximate surface area is 188 Å². The molecule has 0 unspecified atom stereocenters. The van der Waals surface area contributed by atoms with Gasteiger partial charge in [0.25, 0.3) is 0 Å². The fourth-order valence-corrected chi connectivity index (χ4v) is 3.07. The lowest BCUT2D eigenvalue weighted by molar-refractivity contribution is 0.577. The van der Waals surface area contributed by atoms with Crippen LogP contribution in [0.3, 0.4) is 0 Å². The summed E-state index contributed by atoms with van der Waals surface area (Å²) in [6.45, 7) is 8.82. The molecule has 0 saturated heterocycles. The Bertz CT molecular complexity index is 571. The minimum absolute atomic E-state index is 1.01. The molecule has 0 atom stereocenters. The highest BCUT2D eigenvalue weighted by molar-refractivity contribution is 5.18. The van der Waals surface area contributed by atoms with Crippen molar-refractivity contribution in [1.82, 2.24) is 0 Å². The molecule has 0 heteroatoms. The zero-order chi connectivity index (χ0) is 22.1. The van der Waals surface area contributed by atoms with Gasteiger partial charge in [-0.3, -0.25) is 0 Å². The summed E-state index contributed by atoms with van der Waals surface area (Å²) < 4.78 is 0. The molecule has 0 radical (unpaired) electrons. The summed E-state index contributed by atoms with van der Waals surface area (Å²) in [6, 6.07) is 0. The first kappa shape index (κ1) is 28.2.